The molecule has 20 heavy (non-hydrogen) atoms. The van der Waals surface area contributed by atoms with Crippen molar-refractivity contribution < 1.29 is 4.79 Å². The number of rotatable bonds is 2. The highest BCUT2D eigenvalue weighted by molar-refractivity contribution is 7.12. The van der Waals surface area contributed by atoms with E-state index >= 15 is 0 Å². The van der Waals surface area contributed by atoms with Crippen molar-refractivity contribution in [2.45, 2.75) is 25.7 Å². The summed E-state index contributed by atoms with van der Waals surface area (Å²) in [5, 5.41) is 1.96. The van der Waals surface area contributed by atoms with Crippen molar-refractivity contribution in [2.24, 2.45) is 7.05 Å². The molecule has 1 aliphatic rings. The average Bonchev–Trinajstić information content (AvgIpc) is 3.08. The summed E-state index contributed by atoms with van der Waals surface area (Å²) < 4.78 is 2.10. The molecule has 0 aliphatic carbocycles. The normalized spacial score (nSPS) is 19.3. The van der Waals surface area contributed by atoms with Crippen molar-refractivity contribution in [3.8, 4) is 0 Å². The fourth-order valence-electron chi connectivity index (χ4n) is 2.94. The van der Waals surface area contributed by atoms with Gasteiger partial charge in [0, 0.05) is 32.3 Å². The molecule has 106 valence electrons. The summed E-state index contributed by atoms with van der Waals surface area (Å²) in [7, 11) is 2.04. The summed E-state index contributed by atoms with van der Waals surface area (Å²) in [6.45, 7) is 3.65. The van der Waals surface area contributed by atoms with Gasteiger partial charge in [0.25, 0.3) is 5.91 Å². The van der Waals surface area contributed by atoms with Crippen molar-refractivity contribution in [1.82, 2.24) is 14.5 Å². The van der Waals surface area contributed by atoms with Crippen molar-refractivity contribution in [2.75, 3.05) is 13.1 Å². The molecule has 2 aromatic rings. The van der Waals surface area contributed by atoms with E-state index in [9.17, 15) is 4.79 Å². The van der Waals surface area contributed by atoms with Crippen molar-refractivity contribution in [1.29, 1.82) is 0 Å². The minimum absolute atomic E-state index is 0.163. The number of aromatic nitrogens is 2. The molecule has 3 rings (SSSR count). The topological polar surface area (TPSA) is 38.1 Å². The quantitative estimate of drug-likeness (QED) is 0.852. The van der Waals surface area contributed by atoms with Gasteiger partial charge in [0.1, 0.15) is 5.82 Å². The number of hydrogen-bond acceptors (Lipinski definition) is 3. The molecule has 0 unspecified atom stereocenters. The molecule has 0 aromatic carbocycles. The summed E-state index contributed by atoms with van der Waals surface area (Å²) >= 11 is 1.52. The molecule has 5 heteroatoms. The van der Waals surface area contributed by atoms with Gasteiger partial charge < -0.3 is 9.47 Å². The maximum Gasteiger partial charge on any atom is 0.263 e. The summed E-state index contributed by atoms with van der Waals surface area (Å²) in [6, 6.07) is 3.84. The van der Waals surface area contributed by atoms with Gasteiger partial charge in [-0.3, -0.25) is 4.79 Å². The Bertz CT molecular complexity index is 603. The molecule has 4 nitrogen and oxygen atoms in total. The second kappa shape index (κ2) is 5.40. The van der Waals surface area contributed by atoms with E-state index in [0.717, 1.165) is 42.3 Å². The van der Waals surface area contributed by atoms with E-state index in [1.54, 1.807) is 0 Å². The average molecular weight is 289 g/mol. The van der Waals surface area contributed by atoms with Crippen LogP contribution in [0.5, 0.6) is 0 Å². The predicted octanol–water partition coefficient (Wildman–Crippen LogP) is 2.81. The molecule has 1 amide bonds. The van der Waals surface area contributed by atoms with Crippen LogP contribution in [0.25, 0.3) is 0 Å². The lowest BCUT2D eigenvalue weighted by Gasteiger charge is -2.32. The molecule has 0 saturated carbocycles. The molecule has 0 N–H and O–H groups in total. The first-order valence-corrected chi connectivity index (χ1v) is 7.86. The Labute approximate surface area is 123 Å². The number of amides is 1. The van der Waals surface area contributed by atoms with Crippen molar-refractivity contribution >= 4 is 17.2 Å². The van der Waals surface area contributed by atoms with Gasteiger partial charge in [-0.25, -0.2) is 4.98 Å². The Morgan fingerprint density at radius 1 is 1.50 bits per heavy atom. The number of nitrogens with zero attached hydrogens (tertiary/aromatic N) is 3. The van der Waals surface area contributed by atoms with Gasteiger partial charge in [-0.2, -0.15) is 0 Å². The zero-order valence-electron chi connectivity index (χ0n) is 11.9. The molecule has 0 bridgehead atoms. The molecule has 0 spiro atoms. The van der Waals surface area contributed by atoms with Crippen molar-refractivity contribution in [3.63, 3.8) is 0 Å². The van der Waals surface area contributed by atoms with Crippen LogP contribution in [0.3, 0.4) is 0 Å². The largest absolute Gasteiger partial charge is 0.337 e. The monoisotopic (exact) mass is 289 g/mol. The molecule has 2 aromatic heterocycles. The fraction of sp³-hybridized carbons (Fsp3) is 0.467. The van der Waals surface area contributed by atoms with E-state index in [4.69, 9.17) is 0 Å². The summed E-state index contributed by atoms with van der Waals surface area (Å²) in [4.78, 5) is 19.9. The highest BCUT2D eigenvalue weighted by Gasteiger charge is 2.28. The SMILES string of the molecule is Cc1cn(C)c([C@@H]2CCCN(C(=O)c3cccs3)C2)n1. The highest BCUT2D eigenvalue weighted by Crippen LogP contribution is 2.27. The summed E-state index contributed by atoms with van der Waals surface area (Å²) in [6.07, 6.45) is 4.21. The minimum Gasteiger partial charge on any atom is -0.337 e. The molecule has 1 aliphatic heterocycles. The molecular formula is C15H19N3OS. The first-order valence-electron chi connectivity index (χ1n) is 6.98. The number of carbonyl (C=O) groups excluding carboxylic acids is 1. The third-order valence-corrected chi connectivity index (χ3v) is 4.70. The Balaban J connectivity index is 1.77. The molecule has 1 atom stereocenters. The van der Waals surface area contributed by atoms with Crippen molar-refractivity contribution in [3.05, 3.63) is 40.1 Å². The number of carbonyl (C=O) groups is 1. The van der Waals surface area contributed by atoms with Crippen LogP contribution < -0.4 is 0 Å². The first-order chi connectivity index (χ1) is 9.65. The standard InChI is InChI=1S/C15H19N3OS/c1-11-9-17(2)14(16-11)12-5-3-7-18(10-12)15(19)13-6-4-8-20-13/h4,6,8-9,12H,3,5,7,10H2,1-2H3/t12-/m1/s1. The Kier molecular flexibility index (Phi) is 3.61. The lowest BCUT2D eigenvalue weighted by molar-refractivity contribution is 0.0708. The van der Waals surface area contributed by atoms with Crippen LogP contribution in [0.2, 0.25) is 0 Å². The van der Waals surface area contributed by atoms with Gasteiger partial charge in [0.2, 0.25) is 0 Å². The maximum atomic E-state index is 12.4. The van der Waals surface area contributed by atoms with Crippen LogP contribution in [-0.4, -0.2) is 33.4 Å². The predicted molar refractivity (Wildman–Crippen MR) is 80.1 cm³/mol. The molecule has 1 fully saturated rings. The first kappa shape index (κ1) is 13.4. The van der Waals surface area contributed by atoms with Crippen LogP contribution in [-0.2, 0) is 7.05 Å². The Morgan fingerprint density at radius 3 is 3.00 bits per heavy atom. The zero-order chi connectivity index (χ0) is 14.1. The Morgan fingerprint density at radius 2 is 2.35 bits per heavy atom. The van der Waals surface area contributed by atoms with E-state index in [2.05, 4.69) is 15.7 Å². The maximum absolute atomic E-state index is 12.4. The third-order valence-electron chi connectivity index (χ3n) is 3.84. The number of aryl methyl sites for hydroxylation is 2. The van der Waals surface area contributed by atoms with Gasteiger partial charge in [-0.1, -0.05) is 6.07 Å². The number of piperidine rings is 1. The smallest absolute Gasteiger partial charge is 0.263 e. The van der Waals surface area contributed by atoms with Crippen LogP contribution >= 0.6 is 11.3 Å². The van der Waals surface area contributed by atoms with E-state index in [1.165, 1.54) is 11.3 Å². The number of thiophene rings is 1. The van der Waals surface area contributed by atoms with Crippen LogP contribution in [0.4, 0.5) is 0 Å². The second-order valence-corrected chi connectivity index (χ2v) is 6.37. The van der Waals surface area contributed by atoms with E-state index in [0.29, 0.717) is 5.92 Å². The van der Waals surface area contributed by atoms with Gasteiger partial charge in [0.05, 0.1) is 10.6 Å². The van der Waals surface area contributed by atoms with Gasteiger partial charge in [-0.15, -0.1) is 11.3 Å². The summed E-state index contributed by atoms with van der Waals surface area (Å²) in [5.41, 5.74) is 1.05. The van der Waals surface area contributed by atoms with Crippen LogP contribution in [0, 0.1) is 6.92 Å². The number of imidazole rings is 1. The number of hydrogen-bond donors (Lipinski definition) is 0. The van der Waals surface area contributed by atoms with E-state index in [-0.39, 0.29) is 5.91 Å². The molecular weight excluding hydrogens is 270 g/mol. The highest BCUT2D eigenvalue weighted by atomic mass is 32.1. The minimum atomic E-state index is 0.163. The van der Waals surface area contributed by atoms with E-state index < -0.39 is 0 Å². The fourth-order valence-corrected chi connectivity index (χ4v) is 3.63. The lowest BCUT2D eigenvalue weighted by atomic mass is 9.97. The molecule has 1 saturated heterocycles. The lowest BCUT2D eigenvalue weighted by Crippen LogP contribution is -2.39. The second-order valence-electron chi connectivity index (χ2n) is 5.42. The van der Waals surface area contributed by atoms with E-state index in [1.807, 2.05) is 36.4 Å². The third kappa shape index (κ3) is 2.50. The Hall–Kier alpha value is -1.62. The zero-order valence-corrected chi connectivity index (χ0v) is 12.7. The van der Waals surface area contributed by atoms with Gasteiger partial charge in [0.15, 0.2) is 0 Å². The molecule has 3 heterocycles. The summed E-state index contributed by atoms with van der Waals surface area (Å²) in [5.74, 6) is 1.62. The van der Waals surface area contributed by atoms with Crippen LogP contribution in [0.15, 0.2) is 23.7 Å². The molecule has 0 radical (unpaired) electrons. The number of likely N-dealkylation sites (tertiary alicyclic amines) is 1. The van der Waals surface area contributed by atoms with Gasteiger partial charge >= 0.3 is 0 Å². The van der Waals surface area contributed by atoms with Gasteiger partial charge in [-0.05, 0) is 31.2 Å². The van der Waals surface area contributed by atoms with Crippen LogP contribution in [0.1, 0.15) is 39.9 Å².